The average molecular weight is 277 g/mol. The maximum Gasteiger partial charge on any atom is 0.133 e. The summed E-state index contributed by atoms with van der Waals surface area (Å²) in [6.07, 6.45) is 0.826. The summed E-state index contributed by atoms with van der Waals surface area (Å²) < 4.78 is 1.88. The van der Waals surface area contributed by atoms with E-state index in [2.05, 4.69) is 33.4 Å². The van der Waals surface area contributed by atoms with E-state index in [9.17, 15) is 0 Å². The van der Waals surface area contributed by atoms with E-state index in [-0.39, 0.29) is 0 Å². The van der Waals surface area contributed by atoms with Gasteiger partial charge in [-0.15, -0.1) is 0 Å². The number of hydrogen-bond acceptors (Lipinski definition) is 5. The Balaban J connectivity index is 2.41. The van der Waals surface area contributed by atoms with Crippen molar-refractivity contribution in [3.05, 3.63) is 23.1 Å². The highest BCUT2D eigenvalue weighted by Gasteiger charge is 2.13. The fourth-order valence-corrected chi connectivity index (χ4v) is 2.82. The molecular formula is C13H19N5S. The van der Waals surface area contributed by atoms with Gasteiger partial charge in [-0.05, 0) is 31.7 Å². The zero-order valence-corrected chi connectivity index (χ0v) is 12.8. The van der Waals surface area contributed by atoms with Gasteiger partial charge in [-0.1, -0.05) is 6.92 Å². The molecule has 0 saturated heterocycles. The van der Waals surface area contributed by atoms with Crippen LogP contribution < -0.4 is 5.32 Å². The molecule has 0 spiro atoms. The van der Waals surface area contributed by atoms with Gasteiger partial charge in [0.05, 0.1) is 5.69 Å². The molecule has 0 unspecified atom stereocenters. The van der Waals surface area contributed by atoms with Gasteiger partial charge < -0.3 is 5.32 Å². The molecule has 2 aromatic heterocycles. The second-order valence-electron chi connectivity index (χ2n) is 4.37. The fourth-order valence-electron chi connectivity index (χ4n) is 1.82. The van der Waals surface area contributed by atoms with Crippen LogP contribution in [0.4, 0.5) is 5.82 Å². The van der Waals surface area contributed by atoms with Crippen LogP contribution in [0.25, 0.3) is 0 Å². The SMILES string of the molecule is CCc1nc(NC)c(C)c(Sc2cc(C)nn2C)n1. The number of rotatable bonds is 4. The summed E-state index contributed by atoms with van der Waals surface area (Å²) in [4.78, 5) is 9.10. The predicted molar refractivity (Wildman–Crippen MR) is 77.8 cm³/mol. The van der Waals surface area contributed by atoms with E-state index in [0.29, 0.717) is 0 Å². The van der Waals surface area contributed by atoms with E-state index in [1.54, 1.807) is 11.8 Å². The first kappa shape index (κ1) is 13.9. The zero-order chi connectivity index (χ0) is 14.0. The van der Waals surface area contributed by atoms with Crippen molar-refractivity contribution < 1.29 is 0 Å². The van der Waals surface area contributed by atoms with Crippen LogP contribution >= 0.6 is 11.8 Å². The molecule has 0 atom stereocenters. The van der Waals surface area contributed by atoms with Crippen molar-refractivity contribution in [2.45, 2.75) is 37.2 Å². The highest BCUT2D eigenvalue weighted by molar-refractivity contribution is 7.99. The van der Waals surface area contributed by atoms with Gasteiger partial charge in [-0.25, -0.2) is 9.97 Å². The normalized spacial score (nSPS) is 10.8. The first-order valence-corrected chi connectivity index (χ1v) is 7.10. The average Bonchev–Trinajstić information content (AvgIpc) is 2.70. The third-order valence-corrected chi connectivity index (χ3v) is 4.04. The first-order chi connectivity index (χ1) is 9.05. The second-order valence-corrected chi connectivity index (χ2v) is 5.38. The standard InChI is InChI=1S/C13H19N5S/c1-6-10-15-12(14-4)9(3)13(16-10)19-11-7-8(2)17-18(11)5/h7H,6H2,1-5H3,(H,14,15,16). The Hall–Kier alpha value is -1.56. The molecule has 2 aromatic rings. The summed E-state index contributed by atoms with van der Waals surface area (Å²) in [5.41, 5.74) is 2.09. The molecule has 5 nitrogen and oxygen atoms in total. The molecule has 102 valence electrons. The minimum Gasteiger partial charge on any atom is -0.373 e. The molecule has 0 fully saturated rings. The van der Waals surface area contributed by atoms with Gasteiger partial charge in [0, 0.05) is 26.1 Å². The van der Waals surface area contributed by atoms with Crippen molar-refractivity contribution in [3.63, 3.8) is 0 Å². The molecule has 2 rings (SSSR count). The van der Waals surface area contributed by atoms with E-state index < -0.39 is 0 Å². The van der Waals surface area contributed by atoms with Gasteiger partial charge >= 0.3 is 0 Å². The highest BCUT2D eigenvalue weighted by Crippen LogP contribution is 2.31. The van der Waals surface area contributed by atoms with Crippen LogP contribution in [0.3, 0.4) is 0 Å². The molecule has 6 heteroatoms. The Morgan fingerprint density at radius 1 is 1.32 bits per heavy atom. The van der Waals surface area contributed by atoms with Gasteiger partial charge in [-0.3, -0.25) is 4.68 Å². The number of aryl methyl sites for hydroxylation is 3. The molecule has 0 aliphatic rings. The Morgan fingerprint density at radius 3 is 2.58 bits per heavy atom. The van der Waals surface area contributed by atoms with Gasteiger partial charge in [0.2, 0.25) is 0 Å². The van der Waals surface area contributed by atoms with E-state index in [0.717, 1.165) is 39.4 Å². The van der Waals surface area contributed by atoms with Crippen molar-refractivity contribution in [1.82, 2.24) is 19.7 Å². The van der Waals surface area contributed by atoms with Gasteiger partial charge in [0.1, 0.15) is 21.7 Å². The van der Waals surface area contributed by atoms with Crippen LogP contribution in [-0.4, -0.2) is 26.8 Å². The third kappa shape index (κ3) is 2.89. The lowest BCUT2D eigenvalue weighted by Gasteiger charge is -2.11. The quantitative estimate of drug-likeness (QED) is 0.871. The van der Waals surface area contributed by atoms with Crippen molar-refractivity contribution in [1.29, 1.82) is 0 Å². The van der Waals surface area contributed by atoms with E-state index in [1.165, 1.54) is 0 Å². The van der Waals surface area contributed by atoms with Gasteiger partial charge in [-0.2, -0.15) is 5.10 Å². The van der Waals surface area contributed by atoms with Crippen LogP contribution in [0, 0.1) is 13.8 Å². The summed E-state index contributed by atoms with van der Waals surface area (Å²) in [5.74, 6) is 1.75. The lowest BCUT2D eigenvalue weighted by molar-refractivity contribution is 0.691. The zero-order valence-electron chi connectivity index (χ0n) is 12.0. The van der Waals surface area contributed by atoms with Crippen molar-refractivity contribution in [2.75, 3.05) is 12.4 Å². The smallest absolute Gasteiger partial charge is 0.133 e. The number of nitrogens with zero attached hydrogens (tertiary/aromatic N) is 4. The molecule has 19 heavy (non-hydrogen) atoms. The molecule has 2 heterocycles. The molecular weight excluding hydrogens is 258 g/mol. The Labute approximate surface area is 117 Å². The molecule has 0 aromatic carbocycles. The minimum atomic E-state index is 0.826. The van der Waals surface area contributed by atoms with Crippen LogP contribution in [0.5, 0.6) is 0 Å². The first-order valence-electron chi connectivity index (χ1n) is 6.29. The number of aromatic nitrogens is 4. The summed E-state index contributed by atoms with van der Waals surface area (Å²) in [6, 6.07) is 2.07. The number of hydrogen-bond donors (Lipinski definition) is 1. The largest absolute Gasteiger partial charge is 0.373 e. The lowest BCUT2D eigenvalue weighted by Crippen LogP contribution is -2.04. The molecule has 0 amide bonds. The summed E-state index contributed by atoms with van der Waals surface area (Å²) in [7, 11) is 3.84. The predicted octanol–water partition coefficient (Wildman–Crippen LogP) is 2.58. The number of anilines is 1. The van der Waals surface area contributed by atoms with Crippen molar-refractivity contribution in [3.8, 4) is 0 Å². The van der Waals surface area contributed by atoms with Gasteiger partial charge in [0.25, 0.3) is 0 Å². The topological polar surface area (TPSA) is 55.6 Å². The molecule has 0 aliphatic heterocycles. The maximum atomic E-state index is 4.62. The van der Waals surface area contributed by atoms with E-state index in [4.69, 9.17) is 0 Å². The molecule has 1 N–H and O–H groups in total. The Morgan fingerprint density at radius 2 is 2.05 bits per heavy atom. The summed E-state index contributed by atoms with van der Waals surface area (Å²) >= 11 is 1.63. The maximum absolute atomic E-state index is 4.62. The summed E-state index contributed by atoms with van der Waals surface area (Å²) in [5, 5.41) is 9.56. The minimum absolute atomic E-state index is 0.826. The monoisotopic (exact) mass is 277 g/mol. The Bertz CT molecular complexity index is 591. The summed E-state index contributed by atoms with van der Waals surface area (Å²) in [6.45, 7) is 6.09. The fraction of sp³-hybridized carbons (Fsp3) is 0.462. The molecule has 0 aliphatic carbocycles. The molecule has 0 radical (unpaired) electrons. The second kappa shape index (κ2) is 5.61. The molecule has 0 bridgehead atoms. The van der Waals surface area contributed by atoms with Crippen LogP contribution in [-0.2, 0) is 13.5 Å². The lowest BCUT2D eigenvalue weighted by atomic mass is 10.3. The van der Waals surface area contributed by atoms with Crippen LogP contribution in [0.15, 0.2) is 16.1 Å². The van der Waals surface area contributed by atoms with Crippen LogP contribution in [0.1, 0.15) is 24.0 Å². The van der Waals surface area contributed by atoms with Crippen LogP contribution in [0.2, 0.25) is 0 Å². The van der Waals surface area contributed by atoms with Crippen molar-refractivity contribution in [2.24, 2.45) is 7.05 Å². The van der Waals surface area contributed by atoms with Crippen molar-refractivity contribution >= 4 is 17.6 Å². The van der Waals surface area contributed by atoms with E-state index in [1.807, 2.05) is 32.6 Å². The Kier molecular flexibility index (Phi) is 4.09. The van der Waals surface area contributed by atoms with Gasteiger partial charge in [0.15, 0.2) is 0 Å². The highest BCUT2D eigenvalue weighted by atomic mass is 32.2. The van der Waals surface area contributed by atoms with E-state index >= 15 is 0 Å². The molecule has 0 saturated carbocycles. The third-order valence-electron chi connectivity index (χ3n) is 2.86. The number of nitrogens with one attached hydrogen (secondary N) is 1.